The summed E-state index contributed by atoms with van der Waals surface area (Å²) in [6.07, 6.45) is 1.83. The van der Waals surface area contributed by atoms with E-state index in [4.69, 9.17) is 0 Å². The Bertz CT molecular complexity index is 291. The molecule has 0 spiro atoms. The van der Waals surface area contributed by atoms with Gasteiger partial charge in [-0.25, -0.2) is 0 Å². The number of Topliss-reactive ketones (excluding diaryl/α,β-unsaturated/α-hetero) is 4. The number of carbonyl (C=O) groups is 4. The van der Waals surface area contributed by atoms with E-state index in [-0.39, 0.29) is 42.4 Å². The molecule has 0 radical (unpaired) electrons. The number of hydrogen-bond donors (Lipinski definition) is 0. The van der Waals surface area contributed by atoms with E-state index in [1.54, 1.807) is 6.92 Å². The summed E-state index contributed by atoms with van der Waals surface area (Å²) in [5.41, 5.74) is 0. The second-order valence-electron chi connectivity index (χ2n) is 3.82. The lowest BCUT2D eigenvalue weighted by Gasteiger charge is -1.99. The maximum Gasteiger partial charge on any atom is 0.198 e. The van der Waals surface area contributed by atoms with E-state index >= 15 is 0 Å². The molecule has 0 aromatic heterocycles. The van der Waals surface area contributed by atoms with Gasteiger partial charge in [-0.15, -0.1) is 0 Å². The van der Waals surface area contributed by atoms with E-state index in [0.717, 1.165) is 0 Å². The van der Waals surface area contributed by atoms with Crippen LogP contribution in [0.2, 0.25) is 0 Å². The van der Waals surface area contributed by atoms with Gasteiger partial charge in [0.05, 0.1) is 6.42 Å². The molecule has 0 saturated carbocycles. The van der Waals surface area contributed by atoms with Crippen LogP contribution in [-0.2, 0) is 19.2 Å². The summed E-state index contributed by atoms with van der Waals surface area (Å²) in [7, 11) is 0. The lowest BCUT2D eigenvalue weighted by Crippen LogP contribution is -2.12. The van der Waals surface area contributed by atoms with Gasteiger partial charge in [0.2, 0.25) is 0 Å². The number of rotatable bonds is 9. The van der Waals surface area contributed by atoms with E-state index in [1.165, 1.54) is 6.92 Å². The van der Waals surface area contributed by atoms with Gasteiger partial charge in [0, 0.05) is 19.3 Å². The molecule has 0 atom stereocenters. The van der Waals surface area contributed by atoms with Crippen LogP contribution < -0.4 is 0 Å². The van der Waals surface area contributed by atoms with Gasteiger partial charge in [-0.2, -0.15) is 0 Å². The summed E-state index contributed by atoms with van der Waals surface area (Å²) in [4.78, 5) is 43.8. The molecule has 0 N–H and O–H groups in total. The van der Waals surface area contributed by atoms with Crippen molar-refractivity contribution in [1.82, 2.24) is 0 Å². The summed E-state index contributed by atoms with van der Waals surface area (Å²) in [6.45, 7) is 3.03. The molecule has 0 aliphatic heterocycles. The topological polar surface area (TPSA) is 68.3 Å². The van der Waals surface area contributed by atoms with Crippen molar-refractivity contribution in [2.45, 2.75) is 52.4 Å². The zero-order valence-electron chi connectivity index (χ0n) is 9.88. The van der Waals surface area contributed by atoms with E-state index in [0.29, 0.717) is 19.3 Å². The summed E-state index contributed by atoms with van der Waals surface area (Å²) < 4.78 is 0. The molecular formula is C12H18O4. The van der Waals surface area contributed by atoms with Crippen molar-refractivity contribution in [3.63, 3.8) is 0 Å². The molecule has 0 bridgehead atoms. The van der Waals surface area contributed by atoms with Crippen LogP contribution in [0.15, 0.2) is 0 Å². The molecule has 0 amide bonds. The van der Waals surface area contributed by atoms with Crippen LogP contribution >= 0.6 is 0 Å². The van der Waals surface area contributed by atoms with Crippen LogP contribution in [0.1, 0.15) is 52.4 Å². The first-order valence-corrected chi connectivity index (χ1v) is 5.54. The summed E-state index contributed by atoms with van der Waals surface area (Å²) >= 11 is 0. The van der Waals surface area contributed by atoms with Gasteiger partial charge in [-0.1, -0.05) is 6.92 Å². The lowest BCUT2D eigenvalue weighted by molar-refractivity contribution is -0.136. The third-order valence-corrected chi connectivity index (χ3v) is 2.19. The van der Waals surface area contributed by atoms with Gasteiger partial charge in [-0.05, 0) is 19.8 Å². The van der Waals surface area contributed by atoms with Gasteiger partial charge < -0.3 is 0 Å². The maximum atomic E-state index is 11.1. The van der Waals surface area contributed by atoms with Gasteiger partial charge in [0.15, 0.2) is 11.6 Å². The Morgan fingerprint density at radius 3 is 1.94 bits per heavy atom. The van der Waals surface area contributed by atoms with Crippen molar-refractivity contribution in [2.75, 3.05) is 0 Å². The Hall–Kier alpha value is -1.32. The average Bonchev–Trinajstić information content (AvgIpc) is 2.21. The molecule has 0 aliphatic carbocycles. The minimum absolute atomic E-state index is 0.0260. The first-order valence-electron chi connectivity index (χ1n) is 5.54. The van der Waals surface area contributed by atoms with Gasteiger partial charge in [0.1, 0.15) is 11.6 Å². The summed E-state index contributed by atoms with van der Waals surface area (Å²) in [5.74, 6) is -0.944. The molecule has 4 heteroatoms. The molecular weight excluding hydrogens is 208 g/mol. The van der Waals surface area contributed by atoms with Crippen LogP contribution in [0.4, 0.5) is 0 Å². The molecule has 0 aromatic carbocycles. The van der Waals surface area contributed by atoms with E-state index < -0.39 is 0 Å². The van der Waals surface area contributed by atoms with Crippen molar-refractivity contribution in [3.05, 3.63) is 0 Å². The number of hydrogen-bond acceptors (Lipinski definition) is 4. The van der Waals surface area contributed by atoms with Gasteiger partial charge >= 0.3 is 0 Å². The number of unbranched alkanes of at least 4 members (excludes halogenated alkanes) is 1. The van der Waals surface area contributed by atoms with E-state index in [9.17, 15) is 19.2 Å². The largest absolute Gasteiger partial charge is 0.300 e. The highest BCUT2D eigenvalue weighted by atomic mass is 16.2. The highest BCUT2D eigenvalue weighted by Gasteiger charge is 2.11. The SMILES string of the molecule is CCC(=O)C(=O)CCCCC(=O)CC(C)=O. The third-order valence-electron chi connectivity index (χ3n) is 2.19. The van der Waals surface area contributed by atoms with Crippen molar-refractivity contribution < 1.29 is 19.2 Å². The second kappa shape index (κ2) is 7.91. The van der Waals surface area contributed by atoms with Crippen molar-refractivity contribution >= 4 is 23.1 Å². The number of carbonyl (C=O) groups excluding carboxylic acids is 4. The van der Waals surface area contributed by atoms with Crippen LogP contribution in [0.3, 0.4) is 0 Å². The van der Waals surface area contributed by atoms with Crippen molar-refractivity contribution in [3.8, 4) is 0 Å². The molecule has 0 rings (SSSR count). The first-order chi connectivity index (χ1) is 7.47. The molecule has 0 aliphatic rings. The van der Waals surface area contributed by atoms with Crippen LogP contribution in [-0.4, -0.2) is 23.1 Å². The van der Waals surface area contributed by atoms with Gasteiger partial charge in [0.25, 0.3) is 0 Å². The van der Waals surface area contributed by atoms with Crippen molar-refractivity contribution in [1.29, 1.82) is 0 Å². The zero-order chi connectivity index (χ0) is 12.6. The zero-order valence-corrected chi connectivity index (χ0v) is 9.88. The Kier molecular flexibility index (Phi) is 7.25. The molecule has 0 aromatic rings. The van der Waals surface area contributed by atoms with Gasteiger partial charge in [-0.3, -0.25) is 19.2 Å². The molecule has 0 saturated heterocycles. The third kappa shape index (κ3) is 7.04. The fourth-order valence-electron chi connectivity index (χ4n) is 1.31. The lowest BCUT2D eigenvalue weighted by atomic mass is 10.0. The number of ketones is 4. The standard InChI is InChI=1S/C12H18O4/c1-3-11(15)12(16)7-5-4-6-10(14)8-9(2)13/h3-8H2,1-2H3. The van der Waals surface area contributed by atoms with E-state index in [1.807, 2.05) is 0 Å². The normalized spacial score (nSPS) is 9.88. The molecule has 4 nitrogen and oxygen atoms in total. The maximum absolute atomic E-state index is 11.1. The minimum Gasteiger partial charge on any atom is -0.300 e. The predicted molar refractivity (Wildman–Crippen MR) is 59.1 cm³/mol. The molecule has 0 heterocycles. The molecule has 0 unspecified atom stereocenters. The Balaban J connectivity index is 3.61. The fourth-order valence-corrected chi connectivity index (χ4v) is 1.31. The smallest absolute Gasteiger partial charge is 0.198 e. The Morgan fingerprint density at radius 2 is 1.44 bits per heavy atom. The molecule has 16 heavy (non-hydrogen) atoms. The monoisotopic (exact) mass is 226 g/mol. The van der Waals surface area contributed by atoms with E-state index in [2.05, 4.69) is 0 Å². The predicted octanol–water partition coefficient (Wildman–Crippen LogP) is 1.64. The Labute approximate surface area is 95.4 Å². The molecule has 90 valence electrons. The summed E-state index contributed by atoms with van der Waals surface area (Å²) in [6, 6.07) is 0. The second-order valence-corrected chi connectivity index (χ2v) is 3.82. The minimum atomic E-state index is -0.360. The van der Waals surface area contributed by atoms with Crippen LogP contribution in [0.25, 0.3) is 0 Å². The summed E-state index contributed by atoms with van der Waals surface area (Å²) in [5, 5.41) is 0. The van der Waals surface area contributed by atoms with Crippen molar-refractivity contribution in [2.24, 2.45) is 0 Å². The average molecular weight is 226 g/mol. The molecule has 0 fully saturated rings. The first kappa shape index (κ1) is 14.7. The highest BCUT2D eigenvalue weighted by molar-refractivity contribution is 6.37. The fraction of sp³-hybridized carbons (Fsp3) is 0.667. The highest BCUT2D eigenvalue weighted by Crippen LogP contribution is 2.04. The quantitative estimate of drug-likeness (QED) is 0.340. The van der Waals surface area contributed by atoms with Crippen LogP contribution in [0.5, 0.6) is 0 Å². The van der Waals surface area contributed by atoms with Crippen LogP contribution in [0, 0.1) is 0 Å². The Morgan fingerprint density at radius 1 is 0.875 bits per heavy atom.